The third-order valence-corrected chi connectivity index (χ3v) is 1.79. The molecule has 0 radical (unpaired) electrons. The highest BCUT2D eigenvalue weighted by Crippen LogP contribution is 2.02. The number of halogens is 1. The first kappa shape index (κ1) is 11.2. The molecule has 0 unspecified atom stereocenters. The van der Waals surface area contributed by atoms with E-state index >= 15 is 0 Å². The first-order valence-corrected chi connectivity index (χ1v) is 4.58. The van der Waals surface area contributed by atoms with Crippen molar-refractivity contribution >= 4 is 5.91 Å². The largest absolute Gasteiger partial charge is 0.352 e. The van der Waals surface area contributed by atoms with Gasteiger partial charge >= 0.3 is 0 Å². The Morgan fingerprint density at radius 3 is 3.13 bits per heavy atom. The van der Waals surface area contributed by atoms with Crippen LogP contribution in [0, 0.1) is 18.3 Å². The van der Waals surface area contributed by atoms with E-state index in [0.29, 0.717) is 19.4 Å². The summed E-state index contributed by atoms with van der Waals surface area (Å²) in [5.41, 5.74) is -0.0433. The maximum Gasteiger partial charge on any atom is 0.255 e. The van der Waals surface area contributed by atoms with Crippen LogP contribution >= 0.6 is 0 Å². The van der Waals surface area contributed by atoms with E-state index in [9.17, 15) is 9.18 Å². The number of carbonyl (C=O) groups is 1. The van der Waals surface area contributed by atoms with Crippen LogP contribution in [0.25, 0.3) is 0 Å². The second-order valence-corrected chi connectivity index (χ2v) is 2.91. The Bertz CT molecular complexity index is 384. The maximum absolute atomic E-state index is 13.0. The number of hydrogen-bond donors (Lipinski definition) is 1. The van der Waals surface area contributed by atoms with Gasteiger partial charge in [-0.1, -0.05) is 0 Å². The van der Waals surface area contributed by atoms with E-state index in [1.807, 2.05) is 0 Å². The van der Waals surface area contributed by atoms with Gasteiger partial charge in [-0.3, -0.25) is 4.79 Å². The molecule has 1 heterocycles. The molecule has 0 saturated heterocycles. The number of unbranched alkanes of at least 4 members (excludes halogenated alkanes) is 1. The molecule has 1 aromatic heterocycles. The van der Waals surface area contributed by atoms with Gasteiger partial charge in [-0.05, 0) is 18.6 Å². The van der Waals surface area contributed by atoms with Crippen LogP contribution in [0.2, 0.25) is 0 Å². The first-order chi connectivity index (χ1) is 7.25. The minimum Gasteiger partial charge on any atom is -0.352 e. The van der Waals surface area contributed by atoms with Crippen molar-refractivity contribution in [2.75, 3.05) is 6.54 Å². The van der Waals surface area contributed by atoms with E-state index in [2.05, 4.69) is 16.2 Å². The molecule has 78 valence electrons. The molecule has 0 aliphatic heterocycles. The number of amides is 1. The van der Waals surface area contributed by atoms with E-state index in [1.165, 1.54) is 18.3 Å². The summed E-state index contributed by atoms with van der Waals surface area (Å²) in [6.45, 7) is 0.442. The fourth-order valence-electron chi connectivity index (χ4n) is 1.04. The lowest BCUT2D eigenvalue weighted by atomic mass is 10.2. The molecule has 1 amide bonds. The van der Waals surface area contributed by atoms with Gasteiger partial charge in [0, 0.05) is 19.2 Å². The summed E-state index contributed by atoms with van der Waals surface area (Å²) in [6.07, 6.45) is 7.62. The summed E-state index contributed by atoms with van der Waals surface area (Å²) >= 11 is 0. The summed E-state index contributed by atoms with van der Waals surface area (Å²) in [4.78, 5) is 14.8. The van der Waals surface area contributed by atoms with E-state index in [4.69, 9.17) is 6.42 Å². The number of terminal acetylenes is 1. The normalized spacial score (nSPS) is 9.33. The molecular formula is C11H11FN2O. The molecule has 3 nitrogen and oxygen atoms in total. The van der Waals surface area contributed by atoms with Gasteiger partial charge in [-0.25, -0.2) is 4.98 Å². The molecule has 1 rings (SSSR count). The predicted molar refractivity (Wildman–Crippen MR) is 54.6 cm³/mol. The van der Waals surface area contributed by atoms with Gasteiger partial charge in [-0.2, -0.15) is 4.39 Å². The second kappa shape index (κ2) is 5.76. The summed E-state index contributed by atoms with van der Waals surface area (Å²) < 4.78 is 13.0. The van der Waals surface area contributed by atoms with E-state index in [1.54, 1.807) is 0 Å². The molecular weight excluding hydrogens is 195 g/mol. The van der Waals surface area contributed by atoms with Gasteiger partial charge in [0.2, 0.25) is 5.95 Å². The van der Waals surface area contributed by atoms with Crippen LogP contribution in [0.1, 0.15) is 23.2 Å². The number of pyridine rings is 1. The van der Waals surface area contributed by atoms with Gasteiger partial charge in [0.1, 0.15) is 0 Å². The van der Waals surface area contributed by atoms with Gasteiger partial charge in [-0.15, -0.1) is 12.3 Å². The third kappa shape index (κ3) is 3.39. The van der Waals surface area contributed by atoms with Gasteiger partial charge in [0.15, 0.2) is 0 Å². The molecule has 0 atom stereocenters. The molecule has 0 bridgehead atoms. The van der Waals surface area contributed by atoms with Crippen LogP contribution in [0.15, 0.2) is 18.3 Å². The van der Waals surface area contributed by atoms with Crippen LogP contribution in [0.3, 0.4) is 0 Å². The molecule has 4 heteroatoms. The number of rotatable bonds is 4. The zero-order valence-electron chi connectivity index (χ0n) is 8.16. The lowest BCUT2D eigenvalue weighted by molar-refractivity contribution is 0.0948. The van der Waals surface area contributed by atoms with Crippen LogP contribution in [0.5, 0.6) is 0 Å². The van der Waals surface area contributed by atoms with Gasteiger partial charge in [0.05, 0.1) is 5.56 Å². The Morgan fingerprint density at radius 1 is 1.67 bits per heavy atom. The molecule has 1 aromatic rings. The number of carbonyl (C=O) groups excluding carboxylic acids is 1. The topological polar surface area (TPSA) is 42.0 Å². The number of nitrogens with zero attached hydrogens (tertiary/aromatic N) is 1. The Kier molecular flexibility index (Phi) is 4.30. The fourth-order valence-corrected chi connectivity index (χ4v) is 1.04. The summed E-state index contributed by atoms with van der Waals surface area (Å²) in [6, 6.07) is 2.90. The zero-order chi connectivity index (χ0) is 11.1. The molecule has 1 N–H and O–H groups in total. The smallest absolute Gasteiger partial charge is 0.255 e. The Morgan fingerprint density at radius 2 is 2.47 bits per heavy atom. The quantitative estimate of drug-likeness (QED) is 0.459. The van der Waals surface area contributed by atoms with Crippen molar-refractivity contribution in [3.63, 3.8) is 0 Å². The predicted octanol–water partition coefficient (Wildman–Crippen LogP) is 1.36. The Hall–Kier alpha value is -1.89. The van der Waals surface area contributed by atoms with Crippen LogP contribution < -0.4 is 5.32 Å². The lowest BCUT2D eigenvalue weighted by Gasteiger charge is -2.03. The maximum atomic E-state index is 13.0. The van der Waals surface area contributed by atoms with Crippen LogP contribution in [0.4, 0.5) is 4.39 Å². The van der Waals surface area contributed by atoms with Crippen molar-refractivity contribution in [1.29, 1.82) is 0 Å². The van der Waals surface area contributed by atoms with Crippen molar-refractivity contribution < 1.29 is 9.18 Å². The van der Waals surface area contributed by atoms with Crippen molar-refractivity contribution in [2.24, 2.45) is 0 Å². The summed E-state index contributed by atoms with van der Waals surface area (Å²) in [5.74, 6) is 1.24. The molecule has 0 fully saturated rings. The average Bonchev–Trinajstić information content (AvgIpc) is 2.25. The van der Waals surface area contributed by atoms with E-state index in [0.717, 1.165) is 0 Å². The van der Waals surface area contributed by atoms with Crippen molar-refractivity contribution in [3.8, 4) is 12.3 Å². The lowest BCUT2D eigenvalue weighted by Crippen LogP contribution is -2.25. The van der Waals surface area contributed by atoms with E-state index < -0.39 is 11.9 Å². The highest BCUT2D eigenvalue weighted by Gasteiger charge is 2.10. The summed E-state index contributed by atoms with van der Waals surface area (Å²) in [5, 5.41) is 2.56. The minimum atomic E-state index is -0.757. The molecule has 15 heavy (non-hydrogen) atoms. The summed E-state index contributed by atoms with van der Waals surface area (Å²) in [7, 11) is 0. The zero-order valence-corrected chi connectivity index (χ0v) is 8.16. The first-order valence-electron chi connectivity index (χ1n) is 4.58. The Balaban J connectivity index is 2.48. The third-order valence-electron chi connectivity index (χ3n) is 1.79. The highest BCUT2D eigenvalue weighted by molar-refractivity contribution is 5.94. The van der Waals surface area contributed by atoms with Crippen LogP contribution in [-0.4, -0.2) is 17.4 Å². The molecule has 0 saturated carbocycles. The van der Waals surface area contributed by atoms with Gasteiger partial charge in [0.25, 0.3) is 5.91 Å². The number of nitrogens with one attached hydrogen (secondary N) is 1. The molecule has 0 aliphatic rings. The molecule has 0 spiro atoms. The Labute approximate surface area is 87.7 Å². The SMILES string of the molecule is C#CCCCNC(=O)c1cccnc1F. The monoisotopic (exact) mass is 206 g/mol. The molecule has 0 aromatic carbocycles. The number of hydrogen-bond acceptors (Lipinski definition) is 2. The van der Waals surface area contributed by atoms with Crippen molar-refractivity contribution in [3.05, 3.63) is 29.8 Å². The van der Waals surface area contributed by atoms with Crippen molar-refractivity contribution in [1.82, 2.24) is 10.3 Å². The van der Waals surface area contributed by atoms with Gasteiger partial charge < -0.3 is 5.32 Å². The van der Waals surface area contributed by atoms with Crippen molar-refractivity contribution in [2.45, 2.75) is 12.8 Å². The van der Waals surface area contributed by atoms with Crippen LogP contribution in [-0.2, 0) is 0 Å². The van der Waals surface area contributed by atoms with E-state index in [-0.39, 0.29) is 5.56 Å². The number of aromatic nitrogens is 1. The molecule has 0 aliphatic carbocycles. The minimum absolute atomic E-state index is 0.0433. The fraction of sp³-hybridized carbons (Fsp3) is 0.273. The second-order valence-electron chi connectivity index (χ2n) is 2.91. The standard InChI is InChI=1S/C11H11FN2O/c1-2-3-4-7-14-11(15)9-6-5-8-13-10(9)12/h1,5-6,8H,3-4,7H2,(H,14,15). The average molecular weight is 206 g/mol. The highest BCUT2D eigenvalue weighted by atomic mass is 19.1.